The Bertz CT molecular complexity index is 582. The Morgan fingerprint density at radius 1 is 1.38 bits per heavy atom. The molecule has 1 unspecified atom stereocenters. The Hall–Kier alpha value is -1.92. The summed E-state index contributed by atoms with van der Waals surface area (Å²) in [5, 5.41) is 6.74. The van der Waals surface area contributed by atoms with Gasteiger partial charge in [-0.15, -0.1) is 12.4 Å². The van der Waals surface area contributed by atoms with Crippen LogP contribution < -0.4 is 11.1 Å². The molecule has 2 aromatic rings. The van der Waals surface area contributed by atoms with Gasteiger partial charge in [-0.1, -0.05) is 17.3 Å². The smallest absolute Gasteiger partial charge is 0.251 e. The van der Waals surface area contributed by atoms with Crippen LogP contribution in [0.4, 0.5) is 0 Å². The molecule has 0 radical (unpaired) electrons. The first-order valence-electron chi connectivity index (χ1n) is 6.65. The quantitative estimate of drug-likeness (QED) is 0.875. The van der Waals surface area contributed by atoms with Gasteiger partial charge in [-0.3, -0.25) is 4.79 Å². The topological polar surface area (TPSA) is 94.0 Å². The number of nitrogens with two attached hydrogens (primary N) is 1. The molecule has 1 amide bonds. The maximum atomic E-state index is 12.1. The van der Waals surface area contributed by atoms with Crippen LogP contribution in [0.15, 0.2) is 35.2 Å². The molecule has 112 valence electrons. The van der Waals surface area contributed by atoms with Crippen LogP contribution in [-0.2, 0) is 0 Å². The minimum absolute atomic E-state index is 0. The Morgan fingerprint density at radius 3 is 2.62 bits per heavy atom. The summed E-state index contributed by atoms with van der Waals surface area (Å²) in [5.41, 5.74) is 7.11. The van der Waals surface area contributed by atoms with Crippen molar-refractivity contribution >= 4 is 18.3 Å². The van der Waals surface area contributed by atoms with Crippen molar-refractivity contribution < 1.29 is 9.32 Å². The largest absolute Gasteiger partial charge is 0.348 e. The number of benzene rings is 1. The van der Waals surface area contributed by atoms with Crippen molar-refractivity contribution in [1.82, 2.24) is 15.5 Å². The van der Waals surface area contributed by atoms with E-state index in [0.29, 0.717) is 23.9 Å². The van der Waals surface area contributed by atoms with E-state index in [1.165, 1.54) is 6.39 Å². The maximum absolute atomic E-state index is 12.1. The molecule has 0 saturated heterocycles. The summed E-state index contributed by atoms with van der Waals surface area (Å²) in [6, 6.07) is 7.19. The number of hydrogen-bond acceptors (Lipinski definition) is 5. The lowest BCUT2D eigenvalue weighted by Crippen LogP contribution is -2.41. The summed E-state index contributed by atoms with van der Waals surface area (Å²) in [5.74, 6) is 0.962. The van der Waals surface area contributed by atoms with Gasteiger partial charge in [0, 0.05) is 23.7 Å². The number of rotatable bonds is 5. The predicted octanol–water partition coefficient (Wildman–Crippen LogP) is 1.63. The van der Waals surface area contributed by atoms with Crippen molar-refractivity contribution in [1.29, 1.82) is 0 Å². The number of aromatic nitrogens is 2. The highest BCUT2D eigenvalue weighted by Gasteiger charge is 2.31. The predicted molar refractivity (Wildman–Crippen MR) is 80.0 cm³/mol. The van der Waals surface area contributed by atoms with Crippen molar-refractivity contribution in [3.8, 4) is 11.4 Å². The van der Waals surface area contributed by atoms with E-state index < -0.39 is 0 Å². The molecule has 0 bridgehead atoms. The molecule has 1 aromatic heterocycles. The first kappa shape index (κ1) is 15.5. The van der Waals surface area contributed by atoms with E-state index in [2.05, 4.69) is 15.5 Å². The second-order valence-electron chi connectivity index (χ2n) is 4.99. The monoisotopic (exact) mass is 308 g/mol. The summed E-state index contributed by atoms with van der Waals surface area (Å²) in [4.78, 5) is 16.1. The van der Waals surface area contributed by atoms with E-state index in [1.54, 1.807) is 24.3 Å². The van der Waals surface area contributed by atoms with Gasteiger partial charge in [0.15, 0.2) is 0 Å². The molecule has 0 aliphatic heterocycles. The molecular formula is C14H17ClN4O2. The molecular weight excluding hydrogens is 292 g/mol. The van der Waals surface area contributed by atoms with E-state index >= 15 is 0 Å². The average Bonchev–Trinajstić information content (AvgIpc) is 3.18. The number of carbonyl (C=O) groups excluding carboxylic acids is 1. The summed E-state index contributed by atoms with van der Waals surface area (Å²) in [7, 11) is 0. The van der Waals surface area contributed by atoms with Crippen LogP contribution in [0, 0.1) is 5.92 Å². The van der Waals surface area contributed by atoms with Gasteiger partial charge < -0.3 is 15.6 Å². The maximum Gasteiger partial charge on any atom is 0.251 e. The minimum Gasteiger partial charge on any atom is -0.348 e. The Balaban J connectivity index is 0.00000161. The van der Waals surface area contributed by atoms with Crippen LogP contribution in [0.25, 0.3) is 11.4 Å². The number of carbonyl (C=O) groups is 1. The van der Waals surface area contributed by atoms with E-state index in [0.717, 1.165) is 18.4 Å². The van der Waals surface area contributed by atoms with Gasteiger partial charge in [0.05, 0.1) is 0 Å². The highest BCUT2D eigenvalue weighted by atomic mass is 35.5. The second-order valence-corrected chi connectivity index (χ2v) is 4.99. The fourth-order valence-electron chi connectivity index (χ4n) is 2.19. The normalized spacial score (nSPS) is 15.1. The molecule has 1 fully saturated rings. The average molecular weight is 309 g/mol. The molecule has 0 spiro atoms. The van der Waals surface area contributed by atoms with Crippen molar-refractivity contribution in [2.45, 2.75) is 18.9 Å². The van der Waals surface area contributed by atoms with Crippen molar-refractivity contribution in [2.75, 3.05) is 6.54 Å². The minimum atomic E-state index is -0.0907. The number of nitrogens with one attached hydrogen (secondary N) is 1. The molecule has 7 heteroatoms. The van der Waals surface area contributed by atoms with Crippen LogP contribution in [0.3, 0.4) is 0 Å². The van der Waals surface area contributed by atoms with Crippen LogP contribution in [0.1, 0.15) is 23.2 Å². The van der Waals surface area contributed by atoms with Gasteiger partial charge >= 0.3 is 0 Å². The SMILES string of the molecule is Cl.NCC(NC(=O)c1ccc(-c2ncon2)cc1)C1CC1. The summed E-state index contributed by atoms with van der Waals surface area (Å²) >= 11 is 0. The summed E-state index contributed by atoms with van der Waals surface area (Å²) in [6.07, 6.45) is 3.58. The number of nitrogens with zero attached hydrogens (tertiary/aromatic N) is 2. The van der Waals surface area contributed by atoms with Gasteiger partial charge in [-0.2, -0.15) is 4.98 Å². The first-order chi connectivity index (χ1) is 9.78. The van der Waals surface area contributed by atoms with Gasteiger partial charge in [-0.25, -0.2) is 0 Å². The molecule has 1 atom stereocenters. The molecule has 1 aliphatic carbocycles. The Morgan fingerprint density at radius 2 is 2.10 bits per heavy atom. The van der Waals surface area contributed by atoms with Crippen molar-refractivity contribution in [3.63, 3.8) is 0 Å². The van der Waals surface area contributed by atoms with Crippen LogP contribution in [0.5, 0.6) is 0 Å². The number of hydrogen-bond donors (Lipinski definition) is 2. The molecule has 1 aromatic carbocycles. The summed E-state index contributed by atoms with van der Waals surface area (Å²) < 4.78 is 4.69. The highest BCUT2D eigenvalue weighted by Crippen LogP contribution is 2.32. The second kappa shape index (κ2) is 6.69. The highest BCUT2D eigenvalue weighted by molar-refractivity contribution is 5.94. The Labute approximate surface area is 128 Å². The fraction of sp³-hybridized carbons (Fsp3) is 0.357. The standard InChI is InChI=1S/C14H16N4O2.ClH/c15-7-12(9-1-2-9)17-14(19)11-5-3-10(4-6-11)13-16-8-20-18-13;/h3-6,8-9,12H,1-2,7,15H2,(H,17,19);1H. The van der Waals surface area contributed by atoms with Gasteiger partial charge in [0.1, 0.15) is 0 Å². The van der Waals surface area contributed by atoms with Crippen molar-refractivity contribution in [2.24, 2.45) is 11.7 Å². The zero-order valence-electron chi connectivity index (χ0n) is 11.4. The fourth-order valence-corrected chi connectivity index (χ4v) is 2.19. The molecule has 1 heterocycles. The van der Waals surface area contributed by atoms with Crippen LogP contribution >= 0.6 is 12.4 Å². The zero-order valence-corrected chi connectivity index (χ0v) is 12.2. The van der Waals surface area contributed by atoms with Gasteiger partial charge in [0.25, 0.3) is 5.91 Å². The van der Waals surface area contributed by atoms with Crippen LogP contribution in [-0.4, -0.2) is 28.6 Å². The first-order valence-corrected chi connectivity index (χ1v) is 6.65. The Kier molecular flexibility index (Phi) is 4.93. The lowest BCUT2D eigenvalue weighted by atomic mass is 10.1. The molecule has 21 heavy (non-hydrogen) atoms. The summed E-state index contributed by atoms with van der Waals surface area (Å²) in [6.45, 7) is 0.483. The molecule has 1 saturated carbocycles. The van der Waals surface area contributed by atoms with E-state index in [-0.39, 0.29) is 24.4 Å². The van der Waals surface area contributed by atoms with E-state index in [4.69, 9.17) is 10.3 Å². The van der Waals surface area contributed by atoms with Crippen LogP contribution in [0.2, 0.25) is 0 Å². The lowest BCUT2D eigenvalue weighted by Gasteiger charge is -2.15. The third kappa shape index (κ3) is 3.59. The van der Waals surface area contributed by atoms with E-state index in [1.807, 2.05) is 0 Å². The molecule has 3 rings (SSSR count). The van der Waals surface area contributed by atoms with E-state index in [9.17, 15) is 4.79 Å². The molecule has 1 aliphatic rings. The van der Waals surface area contributed by atoms with Crippen molar-refractivity contribution in [3.05, 3.63) is 36.2 Å². The third-order valence-corrected chi connectivity index (χ3v) is 3.53. The third-order valence-electron chi connectivity index (χ3n) is 3.53. The molecule has 3 N–H and O–H groups in total. The van der Waals surface area contributed by atoms with Gasteiger partial charge in [-0.05, 0) is 30.9 Å². The zero-order chi connectivity index (χ0) is 13.9. The lowest BCUT2D eigenvalue weighted by molar-refractivity contribution is 0.0933. The van der Waals surface area contributed by atoms with Gasteiger partial charge in [0.2, 0.25) is 12.2 Å². The number of halogens is 1. The number of amides is 1. The molecule has 6 nitrogen and oxygen atoms in total.